The van der Waals surface area contributed by atoms with Gasteiger partial charge in [-0.2, -0.15) is 13.7 Å². The van der Waals surface area contributed by atoms with Gasteiger partial charge in [-0.3, -0.25) is 10.1 Å². The van der Waals surface area contributed by atoms with E-state index < -0.39 is 15.9 Å². The van der Waals surface area contributed by atoms with Crippen LogP contribution in [0.4, 0.5) is 5.13 Å². The van der Waals surface area contributed by atoms with Crippen molar-refractivity contribution in [3.05, 3.63) is 59.1 Å². The number of rotatable bonds is 5. The number of carbonyl (C=O) groups is 1. The number of aromatic nitrogens is 2. The summed E-state index contributed by atoms with van der Waals surface area (Å²) in [4.78, 5) is 17.0. The summed E-state index contributed by atoms with van der Waals surface area (Å²) >= 11 is 7.26. The number of carbonyl (C=O) groups excluding carboxylic acids is 1. The highest BCUT2D eigenvalue weighted by Crippen LogP contribution is 2.29. The molecule has 1 N–H and O–H groups in total. The number of benzene rings is 2. The van der Waals surface area contributed by atoms with Gasteiger partial charge >= 0.3 is 0 Å². The molecule has 0 bridgehead atoms. The zero-order valence-electron chi connectivity index (χ0n) is 17.4. The molecule has 2 unspecified atom stereocenters. The second kappa shape index (κ2) is 9.24. The molecule has 1 aliphatic heterocycles. The number of halogens is 1. The average Bonchev–Trinajstić information content (AvgIpc) is 3.22. The second-order valence-corrected chi connectivity index (χ2v) is 10.5. The first-order chi connectivity index (χ1) is 15.2. The zero-order valence-corrected chi connectivity index (χ0v) is 19.7. The van der Waals surface area contributed by atoms with Crippen molar-refractivity contribution >= 4 is 44.2 Å². The first-order valence-electron chi connectivity index (χ1n) is 9.89. The van der Waals surface area contributed by atoms with E-state index in [9.17, 15) is 13.2 Å². The summed E-state index contributed by atoms with van der Waals surface area (Å²) in [5.41, 5.74) is 0.983. The van der Waals surface area contributed by atoms with Gasteiger partial charge in [-0.05, 0) is 32.0 Å². The van der Waals surface area contributed by atoms with E-state index in [0.717, 1.165) is 17.1 Å². The number of sulfonamides is 1. The highest BCUT2D eigenvalue weighted by Gasteiger charge is 2.34. The molecule has 3 aromatic rings. The van der Waals surface area contributed by atoms with Crippen LogP contribution < -0.4 is 5.32 Å². The number of nitrogens with zero attached hydrogens (tertiary/aromatic N) is 3. The Balaban J connectivity index is 1.56. The van der Waals surface area contributed by atoms with Gasteiger partial charge in [0.05, 0.1) is 17.2 Å². The van der Waals surface area contributed by atoms with Crippen molar-refractivity contribution < 1.29 is 17.9 Å². The minimum absolute atomic E-state index is 0.0515. The third kappa shape index (κ3) is 4.84. The quantitative estimate of drug-likeness (QED) is 0.579. The summed E-state index contributed by atoms with van der Waals surface area (Å²) in [7, 11) is -3.90. The summed E-state index contributed by atoms with van der Waals surface area (Å²) in [5, 5.41) is 3.04. The van der Waals surface area contributed by atoms with E-state index in [1.807, 2.05) is 44.2 Å². The first kappa shape index (κ1) is 22.8. The number of hydrogen-bond acceptors (Lipinski definition) is 7. The van der Waals surface area contributed by atoms with Gasteiger partial charge in [0.2, 0.25) is 15.2 Å². The van der Waals surface area contributed by atoms with Gasteiger partial charge < -0.3 is 4.74 Å². The number of hydrogen-bond donors (Lipinski definition) is 1. The lowest BCUT2D eigenvalue weighted by atomic mass is 10.2. The Morgan fingerprint density at radius 1 is 1.16 bits per heavy atom. The lowest BCUT2D eigenvalue weighted by Gasteiger charge is -2.34. The molecule has 0 aliphatic carbocycles. The maximum absolute atomic E-state index is 13.2. The lowest BCUT2D eigenvalue weighted by Crippen LogP contribution is -2.48. The van der Waals surface area contributed by atoms with Gasteiger partial charge in [0, 0.05) is 35.7 Å². The van der Waals surface area contributed by atoms with Crippen LogP contribution in [0, 0.1) is 0 Å². The maximum atomic E-state index is 13.2. The molecule has 2 atom stereocenters. The van der Waals surface area contributed by atoms with Crippen LogP contribution in [-0.4, -0.2) is 53.3 Å². The normalized spacial score (nSPS) is 19.6. The Labute approximate surface area is 195 Å². The van der Waals surface area contributed by atoms with Gasteiger partial charge in [-0.15, -0.1) is 0 Å². The van der Waals surface area contributed by atoms with Crippen molar-refractivity contribution in [1.82, 2.24) is 13.7 Å². The molecule has 32 heavy (non-hydrogen) atoms. The predicted octanol–water partition coefficient (Wildman–Crippen LogP) is 3.91. The van der Waals surface area contributed by atoms with E-state index in [1.165, 1.54) is 22.5 Å². The molecule has 0 radical (unpaired) electrons. The molecule has 2 heterocycles. The van der Waals surface area contributed by atoms with Crippen molar-refractivity contribution in [2.24, 2.45) is 0 Å². The number of anilines is 1. The first-order valence-corrected chi connectivity index (χ1v) is 12.5. The van der Waals surface area contributed by atoms with Crippen molar-refractivity contribution in [3.63, 3.8) is 0 Å². The Bertz CT molecular complexity index is 1220. The minimum atomic E-state index is -3.90. The topological polar surface area (TPSA) is 101 Å². The highest BCUT2D eigenvalue weighted by atomic mass is 35.5. The van der Waals surface area contributed by atoms with Gasteiger partial charge in [0.1, 0.15) is 4.90 Å². The number of morpholine rings is 1. The molecular weight excluding hydrogens is 472 g/mol. The monoisotopic (exact) mass is 492 g/mol. The predicted molar refractivity (Wildman–Crippen MR) is 124 cm³/mol. The second-order valence-electron chi connectivity index (χ2n) is 7.47. The molecule has 2 aromatic carbocycles. The molecule has 1 saturated heterocycles. The number of nitrogens with one attached hydrogen (secondary N) is 1. The van der Waals surface area contributed by atoms with E-state index in [2.05, 4.69) is 14.7 Å². The zero-order chi connectivity index (χ0) is 22.9. The smallest absolute Gasteiger partial charge is 0.257 e. The van der Waals surface area contributed by atoms with E-state index in [1.54, 1.807) is 0 Å². The van der Waals surface area contributed by atoms with E-state index in [-0.39, 0.29) is 40.8 Å². The molecule has 0 saturated carbocycles. The Morgan fingerprint density at radius 2 is 1.84 bits per heavy atom. The standard InChI is InChI=1S/C21H21ClN4O4S2/c1-13-11-26(12-14(2)30-13)32(28,29)18-10-16(8-9-17(18)22)20(27)24-21-23-19(25-31-21)15-6-4-3-5-7-15/h3-10,13-14H,11-12H2,1-2H3,(H,23,24,25,27). The number of amides is 1. The third-order valence-corrected chi connectivity index (χ3v) is 7.82. The summed E-state index contributed by atoms with van der Waals surface area (Å²) < 4.78 is 37.7. The molecule has 1 aromatic heterocycles. The molecule has 0 spiro atoms. The van der Waals surface area contributed by atoms with Crippen LogP contribution in [0.25, 0.3) is 11.4 Å². The van der Waals surface area contributed by atoms with Crippen LogP contribution in [0.5, 0.6) is 0 Å². The SMILES string of the molecule is CC1CN(S(=O)(=O)c2cc(C(=O)Nc3nc(-c4ccccc4)ns3)ccc2Cl)CC(C)O1. The van der Waals surface area contributed by atoms with Crippen LogP contribution in [0.2, 0.25) is 5.02 Å². The van der Waals surface area contributed by atoms with Crippen LogP contribution >= 0.6 is 23.1 Å². The van der Waals surface area contributed by atoms with Crippen LogP contribution in [-0.2, 0) is 14.8 Å². The molecule has 8 nitrogen and oxygen atoms in total. The summed E-state index contributed by atoms with van der Waals surface area (Å²) in [6.07, 6.45) is -0.481. The molecule has 11 heteroatoms. The van der Waals surface area contributed by atoms with E-state index in [4.69, 9.17) is 16.3 Å². The summed E-state index contributed by atoms with van der Waals surface area (Å²) in [5.74, 6) is -0.00146. The Morgan fingerprint density at radius 3 is 2.53 bits per heavy atom. The highest BCUT2D eigenvalue weighted by molar-refractivity contribution is 7.89. The molecule has 1 fully saturated rings. The van der Waals surface area contributed by atoms with Crippen molar-refractivity contribution in [2.75, 3.05) is 18.4 Å². The van der Waals surface area contributed by atoms with Gasteiger partial charge in [-0.25, -0.2) is 8.42 Å². The number of ether oxygens (including phenoxy) is 1. The average molecular weight is 493 g/mol. The third-order valence-electron chi connectivity index (χ3n) is 4.88. The molecular formula is C21H21ClN4O4S2. The fourth-order valence-corrected chi connectivity index (χ4v) is 6.13. The van der Waals surface area contributed by atoms with E-state index in [0.29, 0.717) is 11.0 Å². The molecule has 1 aliphatic rings. The molecule has 4 rings (SSSR count). The van der Waals surface area contributed by atoms with Crippen molar-refractivity contribution in [2.45, 2.75) is 31.0 Å². The summed E-state index contributed by atoms with van der Waals surface area (Å²) in [6, 6.07) is 13.6. The summed E-state index contributed by atoms with van der Waals surface area (Å²) in [6.45, 7) is 4.06. The van der Waals surface area contributed by atoms with Crippen molar-refractivity contribution in [1.29, 1.82) is 0 Å². The lowest BCUT2D eigenvalue weighted by molar-refractivity contribution is -0.0440. The van der Waals surface area contributed by atoms with E-state index >= 15 is 0 Å². The largest absolute Gasteiger partial charge is 0.373 e. The Hall–Kier alpha value is -2.37. The maximum Gasteiger partial charge on any atom is 0.257 e. The minimum Gasteiger partial charge on any atom is -0.373 e. The van der Waals surface area contributed by atoms with Crippen LogP contribution in [0.1, 0.15) is 24.2 Å². The molecule has 168 valence electrons. The Kier molecular flexibility index (Phi) is 6.59. The van der Waals surface area contributed by atoms with Crippen molar-refractivity contribution in [3.8, 4) is 11.4 Å². The fraction of sp³-hybridized carbons (Fsp3) is 0.286. The molecule has 1 amide bonds. The van der Waals surface area contributed by atoms with Gasteiger partial charge in [0.15, 0.2) is 5.82 Å². The van der Waals surface area contributed by atoms with Crippen LogP contribution in [0.15, 0.2) is 53.4 Å². The fourth-order valence-electron chi connectivity index (χ4n) is 3.46. The van der Waals surface area contributed by atoms with Crippen LogP contribution in [0.3, 0.4) is 0 Å². The van der Waals surface area contributed by atoms with Gasteiger partial charge in [-0.1, -0.05) is 41.9 Å². The van der Waals surface area contributed by atoms with Gasteiger partial charge in [0.25, 0.3) is 5.91 Å².